The number of hydrogen-bond donors (Lipinski definition) is 0. The highest BCUT2D eigenvalue weighted by Crippen LogP contribution is 2.39. The number of likely N-dealkylation sites (N-methyl/N-ethyl adjacent to an activating group) is 1. The molecule has 0 spiro atoms. The van der Waals surface area contributed by atoms with E-state index in [1.165, 1.54) is 27.8 Å². The molecule has 118 valence electrons. The summed E-state index contributed by atoms with van der Waals surface area (Å²) >= 11 is 6.00. The van der Waals surface area contributed by atoms with Crippen molar-refractivity contribution in [3.63, 3.8) is 0 Å². The highest BCUT2D eigenvalue weighted by atomic mass is 35.5. The molecule has 23 heavy (non-hydrogen) atoms. The van der Waals surface area contributed by atoms with Gasteiger partial charge in [0, 0.05) is 11.6 Å². The molecule has 0 heterocycles. The third-order valence-corrected chi connectivity index (χ3v) is 4.40. The van der Waals surface area contributed by atoms with Crippen LogP contribution in [0.4, 0.5) is 0 Å². The predicted octanol–water partition coefficient (Wildman–Crippen LogP) is 5.53. The van der Waals surface area contributed by atoms with Crippen molar-refractivity contribution in [2.24, 2.45) is 0 Å². The second-order valence-electron chi connectivity index (χ2n) is 6.30. The molecule has 2 heteroatoms. The average molecular weight is 324 g/mol. The van der Waals surface area contributed by atoms with Crippen LogP contribution >= 0.6 is 11.6 Å². The lowest BCUT2D eigenvalue weighted by Gasteiger charge is -2.14. The number of allylic oxidation sites excluding steroid dienone is 2. The minimum absolute atomic E-state index is 0.783. The van der Waals surface area contributed by atoms with Crippen LogP contribution in [0.25, 0.3) is 11.6 Å². The van der Waals surface area contributed by atoms with Crippen LogP contribution < -0.4 is 0 Å². The fourth-order valence-corrected chi connectivity index (χ4v) is 3.33. The maximum atomic E-state index is 6.00. The largest absolute Gasteiger partial charge is 0.305 e. The van der Waals surface area contributed by atoms with Crippen molar-refractivity contribution < 1.29 is 0 Å². The molecule has 0 aliphatic heterocycles. The van der Waals surface area contributed by atoms with E-state index in [9.17, 15) is 0 Å². The Balaban J connectivity index is 2.02. The molecule has 0 saturated heterocycles. The molecular weight excluding hydrogens is 302 g/mol. The molecule has 0 unspecified atom stereocenters. The summed E-state index contributed by atoms with van der Waals surface area (Å²) in [5.41, 5.74) is 6.91. The molecule has 0 amide bonds. The van der Waals surface area contributed by atoms with Gasteiger partial charge in [0.05, 0.1) is 0 Å². The summed E-state index contributed by atoms with van der Waals surface area (Å²) < 4.78 is 0. The Morgan fingerprint density at radius 1 is 0.957 bits per heavy atom. The van der Waals surface area contributed by atoms with E-state index in [-0.39, 0.29) is 0 Å². The zero-order valence-corrected chi connectivity index (χ0v) is 14.5. The molecule has 2 aromatic rings. The third kappa shape index (κ3) is 3.93. The summed E-state index contributed by atoms with van der Waals surface area (Å²) in [7, 11) is 4.27. The van der Waals surface area contributed by atoms with Gasteiger partial charge in [-0.1, -0.05) is 60.1 Å². The minimum Gasteiger partial charge on any atom is -0.305 e. The summed E-state index contributed by atoms with van der Waals surface area (Å²) in [6, 6.07) is 18.8. The Bertz CT molecular complexity index is 724. The van der Waals surface area contributed by atoms with E-state index in [1.54, 1.807) is 0 Å². The number of halogens is 1. The molecular formula is C21H22ClN. The van der Waals surface area contributed by atoms with Crippen molar-refractivity contribution in [1.82, 2.24) is 4.90 Å². The monoisotopic (exact) mass is 323 g/mol. The van der Waals surface area contributed by atoms with Gasteiger partial charge in [-0.05, 0) is 66.9 Å². The highest BCUT2D eigenvalue weighted by Gasteiger charge is 2.21. The van der Waals surface area contributed by atoms with Crippen molar-refractivity contribution >= 4 is 23.3 Å². The number of hydrogen-bond acceptors (Lipinski definition) is 1. The number of rotatable bonds is 4. The maximum absolute atomic E-state index is 6.00. The van der Waals surface area contributed by atoms with Crippen LogP contribution in [0.2, 0.25) is 5.02 Å². The van der Waals surface area contributed by atoms with Crippen molar-refractivity contribution in [2.75, 3.05) is 20.6 Å². The van der Waals surface area contributed by atoms with Gasteiger partial charge >= 0.3 is 0 Å². The van der Waals surface area contributed by atoms with Crippen LogP contribution in [-0.2, 0) is 0 Å². The van der Waals surface area contributed by atoms with Gasteiger partial charge in [0.2, 0.25) is 0 Å². The van der Waals surface area contributed by atoms with Crippen molar-refractivity contribution in [3.8, 4) is 0 Å². The molecule has 3 rings (SSSR count). The van der Waals surface area contributed by atoms with Crippen LogP contribution in [0, 0.1) is 0 Å². The molecule has 1 nitrogen and oxygen atoms in total. The Hall–Kier alpha value is -1.83. The van der Waals surface area contributed by atoms with E-state index in [2.05, 4.69) is 67.5 Å². The van der Waals surface area contributed by atoms with E-state index in [0.717, 1.165) is 24.4 Å². The van der Waals surface area contributed by atoms with Gasteiger partial charge in [-0.2, -0.15) is 0 Å². The number of nitrogens with zero attached hydrogens (tertiary/aromatic N) is 1. The van der Waals surface area contributed by atoms with Crippen molar-refractivity contribution in [2.45, 2.75) is 12.8 Å². The molecule has 0 atom stereocenters. The van der Waals surface area contributed by atoms with Crippen LogP contribution in [-0.4, -0.2) is 25.5 Å². The fourth-order valence-electron chi connectivity index (χ4n) is 3.20. The summed E-state index contributed by atoms with van der Waals surface area (Å²) in [6.45, 7) is 1.02. The molecule has 0 N–H and O–H groups in total. The highest BCUT2D eigenvalue weighted by molar-refractivity contribution is 6.30. The van der Waals surface area contributed by atoms with Crippen LogP contribution in [0.15, 0.2) is 65.7 Å². The zero-order chi connectivity index (χ0) is 16.2. The van der Waals surface area contributed by atoms with Crippen LogP contribution in [0.1, 0.15) is 24.0 Å². The molecule has 1 aliphatic rings. The Kier molecular flexibility index (Phi) is 5.00. The first-order valence-electron chi connectivity index (χ1n) is 8.02. The van der Waals surface area contributed by atoms with Gasteiger partial charge in [-0.3, -0.25) is 0 Å². The molecule has 2 aromatic carbocycles. The fraction of sp³-hybridized carbons (Fsp3) is 0.238. The molecule has 1 aliphatic carbocycles. The van der Waals surface area contributed by atoms with Crippen molar-refractivity contribution in [1.29, 1.82) is 0 Å². The SMILES string of the molecule is CN(C)CC1=C(c2ccccc2)C(=Cc2ccc(Cl)cc2)CC1. The lowest BCUT2D eigenvalue weighted by atomic mass is 9.96. The Labute approximate surface area is 143 Å². The summed E-state index contributed by atoms with van der Waals surface area (Å²) in [6.07, 6.45) is 4.55. The van der Waals surface area contributed by atoms with Gasteiger partial charge in [0.1, 0.15) is 0 Å². The molecule has 0 fully saturated rings. The van der Waals surface area contributed by atoms with Gasteiger partial charge in [-0.25, -0.2) is 0 Å². The van der Waals surface area contributed by atoms with E-state index < -0.39 is 0 Å². The Morgan fingerprint density at radius 2 is 1.65 bits per heavy atom. The topological polar surface area (TPSA) is 3.24 Å². The molecule has 0 bridgehead atoms. The summed E-state index contributed by atoms with van der Waals surface area (Å²) in [5.74, 6) is 0. The van der Waals surface area contributed by atoms with E-state index in [4.69, 9.17) is 11.6 Å². The second-order valence-corrected chi connectivity index (χ2v) is 6.74. The standard InChI is InChI=1S/C21H22ClN/c1-23(2)15-19-11-10-18(14-16-8-12-20(22)13-9-16)21(19)17-6-4-3-5-7-17/h3-9,12-14H,10-11,15H2,1-2H3. The van der Waals surface area contributed by atoms with E-state index in [1.807, 2.05) is 12.1 Å². The first-order valence-corrected chi connectivity index (χ1v) is 8.40. The minimum atomic E-state index is 0.783. The zero-order valence-electron chi connectivity index (χ0n) is 13.7. The quantitative estimate of drug-likeness (QED) is 0.714. The third-order valence-electron chi connectivity index (χ3n) is 4.15. The average Bonchev–Trinajstić information content (AvgIpc) is 2.92. The van der Waals surface area contributed by atoms with E-state index in [0.29, 0.717) is 0 Å². The van der Waals surface area contributed by atoms with Gasteiger partial charge in [0.25, 0.3) is 0 Å². The first kappa shape index (κ1) is 16.0. The predicted molar refractivity (Wildman–Crippen MR) is 101 cm³/mol. The lowest BCUT2D eigenvalue weighted by molar-refractivity contribution is 0.442. The Morgan fingerprint density at radius 3 is 2.30 bits per heavy atom. The maximum Gasteiger partial charge on any atom is 0.0406 e. The summed E-state index contributed by atoms with van der Waals surface area (Å²) in [5, 5.41) is 0.783. The van der Waals surface area contributed by atoms with Crippen LogP contribution in [0.5, 0.6) is 0 Å². The smallest absolute Gasteiger partial charge is 0.0406 e. The van der Waals surface area contributed by atoms with Crippen LogP contribution in [0.3, 0.4) is 0 Å². The normalized spacial score (nSPS) is 16.6. The van der Waals surface area contributed by atoms with Gasteiger partial charge in [-0.15, -0.1) is 0 Å². The molecule has 0 saturated carbocycles. The first-order chi connectivity index (χ1) is 11.1. The lowest BCUT2D eigenvalue weighted by Crippen LogP contribution is -2.14. The number of benzene rings is 2. The molecule has 0 aromatic heterocycles. The van der Waals surface area contributed by atoms with Crippen molar-refractivity contribution in [3.05, 3.63) is 81.9 Å². The summed E-state index contributed by atoms with van der Waals surface area (Å²) in [4.78, 5) is 2.25. The molecule has 0 radical (unpaired) electrons. The van der Waals surface area contributed by atoms with E-state index >= 15 is 0 Å². The van der Waals surface area contributed by atoms with Gasteiger partial charge in [0.15, 0.2) is 0 Å². The van der Waals surface area contributed by atoms with Gasteiger partial charge < -0.3 is 4.90 Å². The second kappa shape index (κ2) is 7.16.